The van der Waals surface area contributed by atoms with Crippen LogP contribution in [0.15, 0.2) is 23.3 Å². The first-order valence-corrected chi connectivity index (χ1v) is 8.16. The first-order valence-electron chi connectivity index (χ1n) is 7.41. The van der Waals surface area contributed by atoms with Gasteiger partial charge in [0.05, 0.1) is 10.0 Å². The Kier molecular flexibility index (Phi) is 6.07. The topological polar surface area (TPSA) is 41.5 Å². The van der Waals surface area contributed by atoms with Crippen LogP contribution in [-0.2, 0) is 0 Å². The fraction of sp³-hybridized carbons (Fsp3) is 0.500. The first-order chi connectivity index (χ1) is 10.1. The summed E-state index contributed by atoms with van der Waals surface area (Å²) in [4.78, 5) is 12.0. The zero-order valence-corrected chi connectivity index (χ0v) is 13.7. The van der Waals surface area contributed by atoms with E-state index in [1.165, 1.54) is 25.7 Å². The number of nitrogens with zero attached hydrogens (tertiary/aromatic N) is 1. The van der Waals surface area contributed by atoms with Gasteiger partial charge >= 0.3 is 0 Å². The number of hydrazone groups is 1. The van der Waals surface area contributed by atoms with Crippen molar-refractivity contribution in [3.05, 3.63) is 33.8 Å². The molecule has 1 aromatic rings. The number of nitrogens with one attached hydrogen (secondary N) is 1. The Morgan fingerprint density at radius 2 is 2.00 bits per heavy atom. The maximum absolute atomic E-state index is 12.0. The third-order valence-corrected chi connectivity index (χ3v) is 4.62. The van der Waals surface area contributed by atoms with Gasteiger partial charge in [0.1, 0.15) is 0 Å². The molecule has 1 aromatic carbocycles. The number of halogens is 2. The van der Waals surface area contributed by atoms with Gasteiger partial charge in [-0.3, -0.25) is 4.79 Å². The highest BCUT2D eigenvalue weighted by Gasteiger charge is 2.17. The van der Waals surface area contributed by atoms with Gasteiger partial charge in [0.2, 0.25) is 0 Å². The van der Waals surface area contributed by atoms with E-state index >= 15 is 0 Å². The van der Waals surface area contributed by atoms with Crippen LogP contribution in [0.25, 0.3) is 0 Å². The number of amides is 1. The molecule has 0 heterocycles. The van der Waals surface area contributed by atoms with Crippen molar-refractivity contribution in [3.63, 3.8) is 0 Å². The molecule has 1 saturated carbocycles. The monoisotopic (exact) mass is 326 g/mol. The van der Waals surface area contributed by atoms with Gasteiger partial charge in [-0.25, -0.2) is 5.43 Å². The number of carbonyl (C=O) groups is 1. The normalized spacial score (nSPS) is 18.4. The maximum atomic E-state index is 12.0. The second kappa shape index (κ2) is 7.81. The third kappa shape index (κ3) is 4.72. The molecule has 0 unspecified atom stereocenters. The molecule has 1 fully saturated rings. The molecule has 1 aliphatic rings. The summed E-state index contributed by atoms with van der Waals surface area (Å²) >= 11 is 11.7. The summed E-state index contributed by atoms with van der Waals surface area (Å²) in [7, 11) is 0. The van der Waals surface area contributed by atoms with Crippen molar-refractivity contribution in [2.75, 3.05) is 0 Å². The Labute approximate surface area is 135 Å². The predicted octanol–water partition coefficient (Wildman–Crippen LogP) is 5.07. The zero-order chi connectivity index (χ0) is 15.2. The number of rotatable bonds is 4. The van der Waals surface area contributed by atoms with Gasteiger partial charge < -0.3 is 0 Å². The molecule has 0 aromatic heterocycles. The van der Waals surface area contributed by atoms with Crippen molar-refractivity contribution < 1.29 is 4.79 Å². The molecule has 1 N–H and O–H groups in total. The number of carbonyl (C=O) groups excluding carboxylic acids is 1. The summed E-state index contributed by atoms with van der Waals surface area (Å²) in [6, 6.07) is 4.81. The summed E-state index contributed by atoms with van der Waals surface area (Å²) < 4.78 is 0. The van der Waals surface area contributed by atoms with Crippen molar-refractivity contribution in [1.82, 2.24) is 5.43 Å². The minimum Gasteiger partial charge on any atom is -0.267 e. The lowest BCUT2D eigenvalue weighted by molar-refractivity contribution is 0.0954. The highest BCUT2D eigenvalue weighted by Crippen LogP contribution is 2.26. The van der Waals surface area contributed by atoms with E-state index in [0.717, 1.165) is 24.5 Å². The van der Waals surface area contributed by atoms with Crippen molar-refractivity contribution >= 4 is 34.8 Å². The van der Waals surface area contributed by atoms with Crippen LogP contribution in [-0.4, -0.2) is 11.6 Å². The van der Waals surface area contributed by atoms with Gasteiger partial charge in [-0.1, -0.05) is 43.0 Å². The molecule has 0 bridgehead atoms. The summed E-state index contributed by atoms with van der Waals surface area (Å²) in [6.07, 6.45) is 6.84. The lowest BCUT2D eigenvalue weighted by atomic mass is 9.85. The van der Waals surface area contributed by atoms with Crippen LogP contribution in [0.1, 0.15) is 55.8 Å². The standard InChI is InChI=1S/C16H20Cl2N2O/c1-2-3-11-4-7-13(8-5-11)19-20-16(21)12-6-9-14(17)15(18)10-12/h6,9-11H,2-5,7-8H2,1H3,(H,20,21). The van der Waals surface area contributed by atoms with E-state index in [4.69, 9.17) is 23.2 Å². The van der Waals surface area contributed by atoms with Crippen LogP contribution in [0, 0.1) is 5.92 Å². The maximum Gasteiger partial charge on any atom is 0.271 e. The summed E-state index contributed by atoms with van der Waals surface area (Å²) in [5.41, 5.74) is 4.16. The van der Waals surface area contributed by atoms with E-state index < -0.39 is 0 Å². The first kappa shape index (κ1) is 16.3. The average molecular weight is 327 g/mol. The molecular weight excluding hydrogens is 307 g/mol. The second-order valence-corrected chi connectivity index (χ2v) is 6.29. The zero-order valence-electron chi connectivity index (χ0n) is 12.2. The molecule has 21 heavy (non-hydrogen) atoms. The Morgan fingerprint density at radius 3 is 2.62 bits per heavy atom. The molecule has 1 amide bonds. The largest absolute Gasteiger partial charge is 0.271 e. The van der Waals surface area contributed by atoms with Gasteiger partial charge in [0.15, 0.2) is 0 Å². The van der Waals surface area contributed by atoms with Crippen molar-refractivity contribution in [2.24, 2.45) is 11.0 Å². The highest BCUT2D eigenvalue weighted by atomic mass is 35.5. The average Bonchev–Trinajstić information content (AvgIpc) is 2.49. The fourth-order valence-electron chi connectivity index (χ4n) is 2.65. The van der Waals surface area contributed by atoms with Crippen molar-refractivity contribution in [1.29, 1.82) is 0 Å². The molecule has 5 heteroatoms. The summed E-state index contributed by atoms with van der Waals surface area (Å²) in [5, 5.41) is 5.06. The van der Waals surface area contributed by atoms with Crippen LogP contribution < -0.4 is 5.43 Å². The van der Waals surface area contributed by atoms with Crippen LogP contribution in [0.5, 0.6) is 0 Å². The Morgan fingerprint density at radius 1 is 1.29 bits per heavy atom. The van der Waals surface area contributed by atoms with Crippen molar-refractivity contribution in [3.8, 4) is 0 Å². The van der Waals surface area contributed by atoms with Gasteiger partial charge in [-0.05, 0) is 49.8 Å². The second-order valence-electron chi connectivity index (χ2n) is 5.48. The van der Waals surface area contributed by atoms with E-state index in [2.05, 4.69) is 17.5 Å². The molecule has 2 rings (SSSR count). The van der Waals surface area contributed by atoms with Crippen LogP contribution >= 0.6 is 23.2 Å². The number of hydrogen-bond donors (Lipinski definition) is 1. The Bertz CT molecular complexity index is 533. The molecular formula is C16H20Cl2N2O. The van der Waals surface area contributed by atoms with Crippen molar-refractivity contribution in [2.45, 2.75) is 45.4 Å². The van der Waals surface area contributed by atoms with Gasteiger partial charge in [-0.2, -0.15) is 5.10 Å². The highest BCUT2D eigenvalue weighted by molar-refractivity contribution is 6.42. The molecule has 0 saturated heterocycles. The fourth-order valence-corrected chi connectivity index (χ4v) is 2.95. The minimum absolute atomic E-state index is 0.253. The molecule has 114 valence electrons. The molecule has 0 spiro atoms. The Hall–Kier alpha value is -1.06. The van der Waals surface area contributed by atoms with E-state index in [1.54, 1.807) is 18.2 Å². The Balaban J connectivity index is 1.89. The lowest BCUT2D eigenvalue weighted by Gasteiger charge is -2.22. The molecule has 0 radical (unpaired) electrons. The van der Waals surface area contributed by atoms with E-state index in [9.17, 15) is 4.79 Å². The predicted molar refractivity (Wildman–Crippen MR) is 88.2 cm³/mol. The third-order valence-electron chi connectivity index (χ3n) is 3.88. The smallest absolute Gasteiger partial charge is 0.267 e. The van der Waals surface area contributed by atoms with Gasteiger partial charge in [-0.15, -0.1) is 0 Å². The quantitative estimate of drug-likeness (QED) is 0.771. The molecule has 0 aliphatic heterocycles. The van der Waals surface area contributed by atoms with E-state index in [-0.39, 0.29) is 5.91 Å². The van der Waals surface area contributed by atoms with Gasteiger partial charge in [0, 0.05) is 11.3 Å². The van der Waals surface area contributed by atoms with E-state index in [0.29, 0.717) is 15.6 Å². The molecule has 1 aliphatic carbocycles. The summed E-state index contributed by atoms with van der Waals surface area (Å²) in [6.45, 7) is 2.22. The van der Waals surface area contributed by atoms with Crippen LogP contribution in [0.2, 0.25) is 10.0 Å². The number of hydrogen-bond acceptors (Lipinski definition) is 2. The van der Waals surface area contributed by atoms with Gasteiger partial charge in [0.25, 0.3) is 5.91 Å². The van der Waals surface area contributed by atoms with Crippen LogP contribution in [0.4, 0.5) is 0 Å². The summed E-state index contributed by atoms with van der Waals surface area (Å²) in [5.74, 6) is 0.566. The van der Waals surface area contributed by atoms with Crippen LogP contribution in [0.3, 0.4) is 0 Å². The molecule has 0 atom stereocenters. The van der Waals surface area contributed by atoms with E-state index in [1.807, 2.05) is 0 Å². The lowest BCUT2D eigenvalue weighted by Crippen LogP contribution is -2.22. The number of benzene rings is 1. The SMILES string of the molecule is CCCC1CCC(=NNC(=O)c2ccc(Cl)c(Cl)c2)CC1. The minimum atomic E-state index is -0.253. The molecule has 3 nitrogen and oxygen atoms in total.